The summed E-state index contributed by atoms with van der Waals surface area (Å²) in [6.07, 6.45) is -0.648. The van der Waals surface area contributed by atoms with Gasteiger partial charge in [-0.05, 0) is 30.7 Å². The van der Waals surface area contributed by atoms with E-state index in [-0.39, 0.29) is 11.9 Å². The number of hydrogen-bond donors (Lipinski definition) is 2. The summed E-state index contributed by atoms with van der Waals surface area (Å²) in [6.45, 7) is 2.22. The Balaban J connectivity index is 1.94. The van der Waals surface area contributed by atoms with E-state index in [1.807, 2.05) is 19.1 Å². The van der Waals surface area contributed by atoms with Crippen LogP contribution < -0.4 is 10.1 Å². The third-order valence-electron chi connectivity index (χ3n) is 3.49. The monoisotopic (exact) mass is 289 g/mol. The summed E-state index contributed by atoms with van der Waals surface area (Å²) >= 11 is 0. The van der Waals surface area contributed by atoms with E-state index in [1.54, 1.807) is 37.4 Å². The highest BCUT2D eigenvalue weighted by molar-refractivity contribution is 5.28. The van der Waals surface area contributed by atoms with Gasteiger partial charge >= 0.3 is 0 Å². The molecule has 0 aliphatic carbocycles. The summed E-state index contributed by atoms with van der Waals surface area (Å²) in [7, 11) is 1.60. The van der Waals surface area contributed by atoms with Crippen LogP contribution in [0.3, 0.4) is 0 Å². The Bertz CT molecular complexity index is 571. The van der Waals surface area contributed by atoms with Gasteiger partial charge in [0, 0.05) is 18.2 Å². The van der Waals surface area contributed by atoms with Crippen molar-refractivity contribution in [3.8, 4) is 5.75 Å². The molecular weight excluding hydrogens is 269 g/mol. The van der Waals surface area contributed by atoms with E-state index in [0.29, 0.717) is 12.1 Å². The van der Waals surface area contributed by atoms with E-state index >= 15 is 0 Å². The number of rotatable bonds is 6. The van der Waals surface area contributed by atoms with Crippen LogP contribution in [0.5, 0.6) is 5.75 Å². The highest BCUT2D eigenvalue weighted by atomic mass is 19.1. The van der Waals surface area contributed by atoms with Gasteiger partial charge in [-0.2, -0.15) is 0 Å². The fourth-order valence-corrected chi connectivity index (χ4v) is 2.17. The van der Waals surface area contributed by atoms with Crippen molar-refractivity contribution in [2.75, 3.05) is 13.7 Å². The maximum Gasteiger partial charge on any atom is 0.127 e. The second-order valence-electron chi connectivity index (χ2n) is 4.94. The minimum Gasteiger partial charge on any atom is -0.497 e. The Morgan fingerprint density at radius 3 is 2.43 bits per heavy atom. The summed E-state index contributed by atoms with van der Waals surface area (Å²) in [4.78, 5) is 0. The number of benzene rings is 2. The van der Waals surface area contributed by atoms with Gasteiger partial charge in [0.15, 0.2) is 0 Å². The van der Waals surface area contributed by atoms with Gasteiger partial charge in [-0.1, -0.05) is 30.3 Å². The highest BCUT2D eigenvalue weighted by Crippen LogP contribution is 2.19. The van der Waals surface area contributed by atoms with Gasteiger partial charge in [-0.15, -0.1) is 0 Å². The smallest absolute Gasteiger partial charge is 0.127 e. The largest absolute Gasteiger partial charge is 0.497 e. The van der Waals surface area contributed by atoms with Gasteiger partial charge in [0.1, 0.15) is 11.6 Å². The van der Waals surface area contributed by atoms with E-state index < -0.39 is 6.10 Å². The molecule has 0 radical (unpaired) electrons. The van der Waals surface area contributed by atoms with Crippen LogP contribution in [0.1, 0.15) is 30.2 Å². The number of aliphatic hydroxyl groups excluding tert-OH is 1. The molecule has 0 heterocycles. The molecule has 0 aliphatic rings. The number of aliphatic hydroxyl groups is 1. The first-order valence-electron chi connectivity index (χ1n) is 6.91. The molecule has 0 saturated carbocycles. The van der Waals surface area contributed by atoms with E-state index in [9.17, 15) is 9.50 Å². The van der Waals surface area contributed by atoms with Crippen molar-refractivity contribution in [2.24, 2.45) is 0 Å². The SMILES string of the molecule is COc1ccc(C(O)CN[C@H](C)c2ccccc2F)cc1. The Morgan fingerprint density at radius 2 is 1.81 bits per heavy atom. The molecule has 2 aromatic rings. The molecular formula is C17H20FNO2. The third-order valence-corrected chi connectivity index (χ3v) is 3.49. The van der Waals surface area contributed by atoms with Crippen LogP contribution in [0.4, 0.5) is 4.39 Å². The predicted octanol–water partition coefficient (Wildman–Crippen LogP) is 3.22. The van der Waals surface area contributed by atoms with Crippen molar-refractivity contribution in [1.29, 1.82) is 0 Å². The van der Waals surface area contributed by atoms with Crippen molar-refractivity contribution in [3.05, 3.63) is 65.5 Å². The van der Waals surface area contributed by atoms with Crippen LogP contribution in [0.15, 0.2) is 48.5 Å². The lowest BCUT2D eigenvalue weighted by molar-refractivity contribution is 0.170. The lowest BCUT2D eigenvalue weighted by Gasteiger charge is -2.18. The Labute approximate surface area is 124 Å². The molecule has 0 fully saturated rings. The summed E-state index contributed by atoms with van der Waals surface area (Å²) in [5.41, 5.74) is 1.39. The maximum atomic E-state index is 13.7. The quantitative estimate of drug-likeness (QED) is 0.858. The van der Waals surface area contributed by atoms with Crippen molar-refractivity contribution in [1.82, 2.24) is 5.32 Å². The van der Waals surface area contributed by atoms with Crippen molar-refractivity contribution in [2.45, 2.75) is 19.1 Å². The number of hydrogen-bond acceptors (Lipinski definition) is 3. The van der Waals surface area contributed by atoms with Crippen molar-refractivity contribution >= 4 is 0 Å². The zero-order valence-electron chi connectivity index (χ0n) is 12.2. The second kappa shape index (κ2) is 7.20. The first-order valence-corrected chi connectivity index (χ1v) is 6.91. The lowest BCUT2D eigenvalue weighted by atomic mass is 10.1. The molecule has 0 amide bonds. The summed E-state index contributed by atoms with van der Waals surface area (Å²) < 4.78 is 18.7. The molecule has 2 rings (SSSR count). The van der Waals surface area contributed by atoms with E-state index in [2.05, 4.69) is 5.32 Å². The van der Waals surface area contributed by atoms with Gasteiger partial charge < -0.3 is 15.2 Å². The van der Waals surface area contributed by atoms with Crippen molar-refractivity contribution in [3.63, 3.8) is 0 Å². The van der Waals surface area contributed by atoms with Crippen LogP contribution in [-0.2, 0) is 0 Å². The van der Waals surface area contributed by atoms with E-state index in [0.717, 1.165) is 11.3 Å². The average Bonchev–Trinajstić information content (AvgIpc) is 2.52. The lowest BCUT2D eigenvalue weighted by Crippen LogP contribution is -2.25. The normalized spacial score (nSPS) is 13.7. The summed E-state index contributed by atoms with van der Waals surface area (Å²) in [6, 6.07) is 13.7. The molecule has 2 aromatic carbocycles. The van der Waals surface area contributed by atoms with Crippen LogP contribution >= 0.6 is 0 Å². The molecule has 2 N–H and O–H groups in total. The minimum atomic E-state index is -0.648. The Morgan fingerprint density at radius 1 is 1.14 bits per heavy atom. The number of halogens is 1. The molecule has 0 aromatic heterocycles. The molecule has 1 unspecified atom stereocenters. The molecule has 21 heavy (non-hydrogen) atoms. The van der Waals surface area contributed by atoms with Gasteiger partial charge in [-0.25, -0.2) is 4.39 Å². The second-order valence-corrected chi connectivity index (χ2v) is 4.94. The van der Waals surface area contributed by atoms with Gasteiger partial charge in [0.2, 0.25) is 0 Å². The molecule has 0 bridgehead atoms. The molecule has 2 atom stereocenters. The minimum absolute atomic E-state index is 0.168. The fourth-order valence-electron chi connectivity index (χ4n) is 2.17. The topological polar surface area (TPSA) is 41.5 Å². The highest BCUT2D eigenvalue weighted by Gasteiger charge is 2.13. The van der Waals surface area contributed by atoms with Crippen molar-refractivity contribution < 1.29 is 14.2 Å². The standard InChI is InChI=1S/C17H20FNO2/c1-12(15-5-3-4-6-16(15)18)19-11-17(20)13-7-9-14(21-2)10-8-13/h3-10,12,17,19-20H,11H2,1-2H3/t12-,17?/m1/s1. The number of ether oxygens (including phenoxy) is 1. The molecule has 0 saturated heterocycles. The number of nitrogens with one attached hydrogen (secondary N) is 1. The average molecular weight is 289 g/mol. The summed E-state index contributed by atoms with van der Waals surface area (Å²) in [5.74, 6) is 0.509. The van der Waals surface area contributed by atoms with Crippen LogP contribution in [-0.4, -0.2) is 18.8 Å². The van der Waals surface area contributed by atoms with Gasteiger partial charge in [0.25, 0.3) is 0 Å². The zero-order valence-corrected chi connectivity index (χ0v) is 12.2. The summed E-state index contributed by atoms with van der Waals surface area (Å²) in [5, 5.41) is 13.3. The molecule has 0 aliphatic heterocycles. The number of methoxy groups -OCH3 is 1. The first-order chi connectivity index (χ1) is 10.1. The molecule has 112 valence electrons. The van der Waals surface area contributed by atoms with Gasteiger partial charge in [-0.3, -0.25) is 0 Å². The van der Waals surface area contributed by atoms with Crippen LogP contribution in [0.2, 0.25) is 0 Å². The maximum absolute atomic E-state index is 13.7. The fraction of sp³-hybridized carbons (Fsp3) is 0.294. The van der Waals surface area contributed by atoms with Crippen LogP contribution in [0.25, 0.3) is 0 Å². The predicted molar refractivity (Wildman–Crippen MR) is 80.8 cm³/mol. The zero-order chi connectivity index (χ0) is 15.2. The molecule has 4 heteroatoms. The van der Waals surface area contributed by atoms with Gasteiger partial charge in [0.05, 0.1) is 13.2 Å². The first kappa shape index (κ1) is 15.5. The Hall–Kier alpha value is -1.91. The molecule has 0 spiro atoms. The van der Waals surface area contributed by atoms with Crippen LogP contribution in [0, 0.1) is 5.82 Å². The van der Waals surface area contributed by atoms with E-state index in [1.165, 1.54) is 6.07 Å². The van der Waals surface area contributed by atoms with E-state index in [4.69, 9.17) is 4.74 Å². The molecule has 3 nitrogen and oxygen atoms in total. The third kappa shape index (κ3) is 4.03. The Kier molecular flexibility index (Phi) is 5.31.